The summed E-state index contributed by atoms with van der Waals surface area (Å²) < 4.78 is 10.4. The van der Waals surface area contributed by atoms with Crippen molar-refractivity contribution in [2.24, 2.45) is 0 Å². The Kier molecular flexibility index (Phi) is 7.45. The van der Waals surface area contributed by atoms with Gasteiger partial charge >= 0.3 is 5.97 Å². The fourth-order valence-electron chi connectivity index (χ4n) is 3.13. The average molecular weight is 454 g/mol. The van der Waals surface area contributed by atoms with E-state index in [9.17, 15) is 14.7 Å². The summed E-state index contributed by atoms with van der Waals surface area (Å²) in [4.78, 5) is 24.8. The molecule has 1 amide bonds. The summed E-state index contributed by atoms with van der Waals surface area (Å²) in [5.74, 6) is -0.166. The highest BCUT2D eigenvalue weighted by Crippen LogP contribution is 2.29. The highest BCUT2D eigenvalue weighted by molar-refractivity contribution is 7.80. The highest BCUT2D eigenvalue weighted by Gasteiger charge is 2.31. The van der Waals surface area contributed by atoms with Crippen LogP contribution in [0.15, 0.2) is 72.0 Å². The molecule has 0 aromatic heterocycles. The standard InChI is InChI=1S/C23H23N3O5S/c1-14-20(21(26-23(32)24-14)15-5-3-6-17(27)13-15)22(29)31-12-4-7-19(28)25-16-8-10-18(30-2)11-9-16/h3-11,13,21,27H,12H2,1-2H3,(H,25,28)(H2,24,26,32)/b7-4+. The molecule has 166 valence electrons. The zero-order valence-electron chi connectivity index (χ0n) is 17.5. The number of thiocarbonyl (C=S) groups is 1. The Morgan fingerprint density at radius 1 is 1.22 bits per heavy atom. The van der Waals surface area contributed by atoms with Crippen molar-refractivity contribution in [3.05, 3.63) is 77.5 Å². The maximum atomic E-state index is 12.8. The zero-order valence-corrected chi connectivity index (χ0v) is 18.4. The number of hydrogen-bond acceptors (Lipinski definition) is 6. The minimum Gasteiger partial charge on any atom is -0.508 e. The number of carbonyl (C=O) groups excluding carboxylic acids is 2. The lowest BCUT2D eigenvalue weighted by Gasteiger charge is -2.29. The lowest BCUT2D eigenvalue weighted by molar-refractivity contribution is -0.138. The number of hydrogen-bond donors (Lipinski definition) is 4. The van der Waals surface area contributed by atoms with E-state index in [1.54, 1.807) is 62.6 Å². The third-order valence-corrected chi connectivity index (χ3v) is 4.85. The maximum absolute atomic E-state index is 12.8. The number of ether oxygens (including phenoxy) is 2. The van der Waals surface area contributed by atoms with Gasteiger partial charge in [-0.15, -0.1) is 0 Å². The number of anilines is 1. The van der Waals surface area contributed by atoms with E-state index in [2.05, 4.69) is 16.0 Å². The van der Waals surface area contributed by atoms with Crippen LogP contribution in [0.25, 0.3) is 0 Å². The van der Waals surface area contributed by atoms with Crippen LogP contribution in [0.5, 0.6) is 11.5 Å². The summed E-state index contributed by atoms with van der Waals surface area (Å²) in [5, 5.41) is 18.8. The van der Waals surface area contributed by atoms with Crippen LogP contribution in [0.3, 0.4) is 0 Å². The van der Waals surface area contributed by atoms with Gasteiger partial charge in [0.1, 0.15) is 18.1 Å². The number of allylic oxidation sites excluding steroid dienone is 1. The van der Waals surface area contributed by atoms with Crippen LogP contribution in [0.4, 0.5) is 5.69 Å². The third kappa shape index (κ3) is 5.86. The number of benzene rings is 2. The van der Waals surface area contributed by atoms with Crippen LogP contribution >= 0.6 is 12.2 Å². The number of esters is 1. The lowest BCUT2D eigenvalue weighted by Crippen LogP contribution is -2.45. The first-order valence-corrected chi connectivity index (χ1v) is 10.1. The minimum absolute atomic E-state index is 0.0740. The van der Waals surface area contributed by atoms with E-state index < -0.39 is 12.0 Å². The number of aromatic hydroxyl groups is 1. The minimum atomic E-state index is -0.578. The van der Waals surface area contributed by atoms with Gasteiger partial charge in [-0.2, -0.15) is 0 Å². The van der Waals surface area contributed by atoms with Gasteiger partial charge in [0.2, 0.25) is 5.91 Å². The van der Waals surface area contributed by atoms with E-state index >= 15 is 0 Å². The molecule has 1 heterocycles. The molecular weight excluding hydrogens is 430 g/mol. The van der Waals surface area contributed by atoms with Gasteiger partial charge in [-0.25, -0.2) is 4.79 Å². The molecule has 0 saturated carbocycles. The molecule has 1 aliphatic rings. The average Bonchev–Trinajstić information content (AvgIpc) is 2.76. The fraction of sp³-hybridized carbons (Fsp3) is 0.174. The number of phenolic OH excluding ortho intramolecular Hbond substituents is 1. The Labute approximate surface area is 190 Å². The van der Waals surface area contributed by atoms with Crippen LogP contribution in [0.2, 0.25) is 0 Å². The molecule has 0 bridgehead atoms. The molecule has 1 atom stereocenters. The summed E-state index contributed by atoms with van der Waals surface area (Å²) in [6.45, 7) is 1.63. The van der Waals surface area contributed by atoms with Crippen LogP contribution in [0.1, 0.15) is 18.5 Å². The largest absolute Gasteiger partial charge is 0.508 e. The molecule has 0 aliphatic carbocycles. The van der Waals surface area contributed by atoms with Crippen LogP contribution in [0, 0.1) is 0 Å². The molecule has 1 unspecified atom stereocenters. The first-order chi connectivity index (χ1) is 15.4. The number of nitrogens with one attached hydrogen (secondary N) is 3. The molecule has 2 aromatic carbocycles. The summed E-state index contributed by atoms with van der Waals surface area (Å²) in [7, 11) is 1.56. The second-order valence-corrected chi connectivity index (χ2v) is 7.29. The van der Waals surface area contributed by atoms with E-state index in [-0.39, 0.29) is 18.3 Å². The molecule has 4 N–H and O–H groups in total. The molecule has 0 fully saturated rings. The summed E-state index contributed by atoms with van der Waals surface area (Å²) in [6, 6.07) is 12.9. The fourth-order valence-corrected chi connectivity index (χ4v) is 3.40. The van der Waals surface area contributed by atoms with Gasteiger partial charge in [-0.1, -0.05) is 12.1 Å². The molecule has 32 heavy (non-hydrogen) atoms. The Hall–Kier alpha value is -3.85. The van der Waals surface area contributed by atoms with Gasteiger partial charge in [-0.3, -0.25) is 4.79 Å². The van der Waals surface area contributed by atoms with E-state index in [1.165, 1.54) is 12.2 Å². The third-order valence-electron chi connectivity index (χ3n) is 4.63. The lowest BCUT2D eigenvalue weighted by atomic mass is 9.95. The first-order valence-electron chi connectivity index (χ1n) is 9.73. The molecule has 0 spiro atoms. The van der Waals surface area contributed by atoms with Crippen molar-refractivity contribution in [3.8, 4) is 11.5 Å². The van der Waals surface area contributed by atoms with E-state index in [0.29, 0.717) is 33.4 Å². The van der Waals surface area contributed by atoms with Gasteiger partial charge in [0.15, 0.2) is 5.11 Å². The second kappa shape index (κ2) is 10.5. The van der Waals surface area contributed by atoms with Crippen molar-refractivity contribution in [1.29, 1.82) is 0 Å². The summed E-state index contributed by atoms with van der Waals surface area (Å²) in [5.41, 5.74) is 2.16. The number of carbonyl (C=O) groups is 2. The van der Waals surface area contributed by atoms with Gasteiger partial charge in [0, 0.05) is 17.5 Å². The van der Waals surface area contributed by atoms with Crippen molar-refractivity contribution in [2.75, 3.05) is 19.0 Å². The predicted molar refractivity (Wildman–Crippen MR) is 124 cm³/mol. The van der Waals surface area contributed by atoms with E-state index in [0.717, 1.165) is 0 Å². The van der Waals surface area contributed by atoms with Gasteiger partial charge in [0.05, 0.1) is 18.7 Å². The van der Waals surface area contributed by atoms with Crippen LogP contribution < -0.4 is 20.7 Å². The molecule has 2 aromatic rings. The van der Waals surface area contributed by atoms with Crippen molar-refractivity contribution in [3.63, 3.8) is 0 Å². The number of rotatable bonds is 7. The topological polar surface area (TPSA) is 109 Å². The Bertz CT molecular complexity index is 1080. The van der Waals surface area contributed by atoms with Crippen LogP contribution in [-0.2, 0) is 14.3 Å². The SMILES string of the molecule is COc1ccc(NC(=O)/C=C/COC(=O)C2=C(C)NC(=S)NC2c2cccc(O)c2)cc1. The zero-order chi connectivity index (χ0) is 23.1. The van der Waals surface area contributed by atoms with E-state index in [4.69, 9.17) is 21.7 Å². The van der Waals surface area contributed by atoms with Crippen molar-refractivity contribution < 1.29 is 24.2 Å². The highest BCUT2D eigenvalue weighted by atomic mass is 32.1. The maximum Gasteiger partial charge on any atom is 0.338 e. The molecular formula is C23H23N3O5S. The van der Waals surface area contributed by atoms with Gasteiger partial charge in [-0.05, 0) is 67.2 Å². The Balaban J connectivity index is 1.61. The summed E-state index contributed by atoms with van der Waals surface area (Å²) >= 11 is 5.20. The quantitative estimate of drug-likeness (QED) is 0.288. The smallest absolute Gasteiger partial charge is 0.338 e. The van der Waals surface area contributed by atoms with Crippen molar-refractivity contribution in [1.82, 2.24) is 10.6 Å². The van der Waals surface area contributed by atoms with E-state index in [1.807, 2.05) is 0 Å². The Morgan fingerprint density at radius 2 is 1.97 bits per heavy atom. The molecule has 1 aliphatic heterocycles. The predicted octanol–water partition coefficient (Wildman–Crippen LogP) is 2.93. The normalized spacial score (nSPS) is 15.7. The summed E-state index contributed by atoms with van der Waals surface area (Å²) in [6.07, 6.45) is 2.74. The first kappa shape index (κ1) is 22.8. The van der Waals surface area contributed by atoms with Crippen LogP contribution in [-0.4, -0.2) is 35.8 Å². The molecule has 3 rings (SSSR count). The molecule has 9 heteroatoms. The molecule has 0 saturated heterocycles. The van der Waals surface area contributed by atoms with Gasteiger partial charge < -0.3 is 30.5 Å². The number of phenols is 1. The Morgan fingerprint density at radius 3 is 2.66 bits per heavy atom. The molecule has 8 nitrogen and oxygen atoms in total. The molecule has 0 radical (unpaired) electrons. The van der Waals surface area contributed by atoms with Gasteiger partial charge in [0.25, 0.3) is 0 Å². The van der Waals surface area contributed by atoms with Crippen molar-refractivity contribution >= 4 is 34.9 Å². The monoisotopic (exact) mass is 453 g/mol. The number of amides is 1. The van der Waals surface area contributed by atoms with Crippen molar-refractivity contribution in [2.45, 2.75) is 13.0 Å². The second-order valence-electron chi connectivity index (χ2n) is 6.88. The number of methoxy groups -OCH3 is 1.